The normalized spacial score (nSPS) is 14.4. The van der Waals surface area contributed by atoms with Crippen LogP contribution in [0.3, 0.4) is 0 Å². The second-order valence-corrected chi connectivity index (χ2v) is 5.11. The van der Waals surface area contributed by atoms with Crippen molar-refractivity contribution in [3.05, 3.63) is 18.2 Å². The number of hydrogen-bond acceptors (Lipinski definition) is 2. The van der Waals surface area contributed by atoms with Gasteiger partial charge in [-0.25, -0.2) is 4.98 Å². The molecule has 80 valence electrons. The number of nitrogens with two attached hydrogens (primary N) is 1. The molecule has 0 fully saturated rings. The Morgan fingerprint density at radius 1 is 1.50 bits per heavy atom. The quantitative estimate of drug-likeness (QED) is 0.804. The molecule has 14 heavy (non-hydrogen) atoms. The van der Waals surface area contributed by atoms with E-state index in [0.29, 0.717) is 5.41 Å². The summed E-state index contributed by atoms with van der Waals surface area (Å²) in [7, 11) is 0. The first-order valence-electron chi connectivity index (χ1n) is 5.16. The topological polar surface area (TPSA) is 43.8 Å². The zero-order valence-corrected chi connectivity index (χ0v) is 9.62. The van der Waals surface area contributed by atoms with Gasteiger partial charge in [0.2, 0.25) is 0 Å². The van der Waals surface area contributed by atoms with Crippen molar-refractivity contribution in [1.82, 2.24) is 9.55 Å². The highest BCUT2D eigenvalue weighted by Crippen LogP contribution is 2.20. The fraction of sp³-hybridized carbons (Fsp3) is 0.727. The molecule has 1 aromatic rings. The second kappa shape index (κ2) is 4.13. The number of nitrogens with zero attached hydrogens (tertiary/aromatic N) is 2. The first-order chi connectivity index (χ1) is 6.40. The highest BCUT2D eigenvalue weighted by Gasteiger charge is 2.12. The van der Waals surface area contributed by atoms with Gasteiger partial charge in [0.1, 0.15) is 0 Å². The van der Waals surface area contributed by atoms with Gasteiger partial charge in [0.05, 0.1) is 12.0 Å². The van der Waals surface area contributed by atoms with Crippen molar-refractivity contribution < 1.29 is 0 Å². The van der Waals surface area contributed by atoms with Crippen LogP contribution >= 0.6 is 0 Å². The largest absolute Gasteiger partial charge is 0.333 e. The van der Waals surface area contributed by atoms with Crippen molar-refractivity contribution in [2.45, 2.75) is 46.7 Å². The Kier molecular flexibility index (Phi) is 3.32. The summed E-state index contributed by atoms with van der Waals surface area (Å²) < 4.78 is 2.15. The van der Waals surface area contributed by atoms with E-state index in [9.17, 15) is 0 Å². The van der Waals surface area contributed by atoms with E-state index in [-0.39, 0.29) is 6.04 Å². The molecule has 0 bridgehead atoms. The third kappa shape index (κ3) is 3.14. The summed E-state index contributed by atoms with van der Waals surface area (Å²) in [6, 6.07) is 0.0671. The minimum Gasteiger partial charge on any atom is -0.333 e. The average Bonchev–Trinajstić information content (AvgIpc) is 2.46. The summed E-state index contributed by atoms with van der Waals surface area (Å²) in [6.07, 6.45) is 4.86. The molecule has 1 heterocycles. The average molecular weight is 195 g/mol. The van der Waals surface area contributed by atoms with Crippen molar-refractivity contribution in [3.8, 4) is 0 Å². The monoisotopic (exact) mass is 195 g/mol. The molecule has 0 aliphatic rings. The zero-order chi connectivity index (χ0) is 10.8. The van der Waals surface area contributed by atoms with Gasteiger partial charge >= 0.3 is 0 Å². The number of aryl methyl sites for hydroxylation is 1. The molecule has 1 aromatic heterocycles. The first kappa shape index (κ1) is 11.2. The maximum Gasteiger partial charge on any atom is 0.0948 e. The molecule has 0 aliphatic carbocycles. The summed E-state index contributed by atoms with van der Waals surface area (Å²) >= 11 is 0. The van der Waals surface area contributed by atoms with Crippen LogP contribution in [0.15, 0.2) is 12.5 Å². The van der Waals surface area contributed by atoms with E-state index in [4.69, 9.17) is 5.73 Å². The predicted molar refractivity (Wildman–Crippen MR) is 58.9 cm³/mol. The SMILES string of the molecule is C[C@@H](N)c1cncn1CCC(C)(C)C. The zero-order valence-electron chi connectivity index (χ0n) is 9.62. The summed E-state index contributed by atoms with van der Waals surface area (Å²) in [6.45, 7) is 9.73. The summed E-state index contributed by atoms with van der Waals surface area (Å²) in [5.74, 6) is 0. The smallest absolute Gasteiger partial charge is 0.0948 e. The number of aromatic nitrogens is 2. The molecule has 3 nitrogen and oxygen atoms in total. The van der Waals surface area contributed by atoms with Gasteiger partial charge in [0.15, 0.2) is 0 Å². The number of imidazole rings is 1. The molecular weight excluding hydrogens is 174 g/mol. The maximum atomic E-state index is 5.84. The van der Waals surface area contributed by atoms with E-state index < -0.39 is 0 Å². The van der Waals surface area contributed by atoms with E-state index in [0.717, 1.165) is 18.7 Å². The molecule has 0 saturated carbocycles. The second-order valence-electron chi connectivity index (χ2n) is 5.11. The van der Waals surface area contributed by atoms with Crippen molar-refractivity contribution in [3.63, 3.8) is 0 Å². The minimum absolute atomic E-state index is 0.0671. The Labute approximate surface area is 86.3 Å². The van der Waals surface area contributed by atoms with Gasteiger partial charge in [0.25, 0.3) is 0 Å². The lowest BCUT2D eigenvalue weighted by molar-refractivity contribution is 0.346. The van der Waals surface area contributed by atoms with Gasteiger partial charge < -0.3 is 10.3 Å². The van der Waals surface area contributed by atoms with Gasteiger partial charge in [0, 0.05) is 18.8 Å². The molecule has 3 heteroatoms. The summed E-state index contributed by atoms with van der Waals surface area (Å²) in [5.41, 5.74) is 7.32. The van der Waals surface area contributed by atoms with Crippen LogP contribution in [0.2, 0.25) is 0 Å². The Morgan fingerprint density at radius 3 is 2.64 bits per heavy atom. The van der Waals surface area contributed by atoms with Crippen molar-refractivity contribution in [2.24, 2.45) is 11.1 Å². The lowest BCUT2D eigenvalue weighted by atomic mass is 9.92. The van der Waals surface area contributed by atoms with Crippen LogP contribution in [0.5, 0.6) is 0 Å². The van der Waals surface area contributed by atoms with Gasteiger partial charge in [-0.3, -0.25) is 0 Å². The fourth-order valence-corrected chi connectivity index (χ4v) is 1.35. The van der Waals surface area contributed by atoms with Crippen molar-refractivity contribution in [1.29, 1.82) is 0 Å². The minimum atomic E-state index is 0.0671. The van der Waals surface area contributed by atoms with Crippen LogP contribution in [0, 0.1) is 5.41 Å². The van der Waals surface area contributed by atoms with Crippen LogP contribution in [0.1, 0.15) is 45.9 Å². The lowest BCUT2D eigenvalue weighted by Gasteiger charge is -2.19. The molecule has 0 unspecified atom stereocenters. The van der Waals surface area contributed by atoms with E-state index in [1.807, 2.05) is 19.4 Å². The fourth-order valence-electron chi connectivity index (χ4n) is 1.35. The van der Waals surface area contributed by atoms with Crippen LogP contribution < -0.4 is 5.73 Å². The molecule has 1 rings (SSSR count). The van der Waals surface area contributed by atoms with E-state index in [2.05, 4.69) is 30.3 Å². The Bertz CT molecular complexity index is 281. The van der Waals surface area contributed by atoms with E-state index in [1.54, 1.807) is 0 Å². The molecule has 0 radical (unpaired) electrons. The van der Waals surface area contributed by atoms with Crippen LogP contribution in [0.25, 0.3) is 0 Å². The van der Waals surface area contributed by atoms with Gasteiger partial charge in [-0.15, -0.1) is 0 Å². The van der Waals surface area contributed by atoms with Gasteiger partial charge in [-0.05, 0) is 18.8 Å². The van der Waals surface area contributed by atoms with Crippen LogP contribution in [0.4, 0.5) is 0 Å². The van der Waals surface area contributed by atoms with Crippen LogP contribution in [-0.2, 0) is 6.54 Å². The first-order valence-corrected chi connectivity index (χ1v) is 5.16. The van der Waals surface area contributed by atoms with Crippen LogP contribution in [-0.4, -0.2) is 9.55 Å². The highest BCUT2D eigenvalue weighted by molar-refractivity contribution is 5.03. The Balaban J connectivity index is 2.63. The number of rotatable bonds is 3. The molecule has 1 atom stereocenters. The Morgan fingerprint density at radius 2 is 2.14 bits per heavy atom. The molecular formula is C11H21N3. The molecule has 2 N–H and O–H groups in total. The van der Waals surface area contributed by atoms with Gasteiger partial charge in [-0.1, -0.05) is 20.8 Å². The van der Waals surface area contributed by atoms with Crippen molar-refractivity contribution in [2.75, 3.05) is 0 Å². The summed E-state index contributed by atoms with van der Waals surface area (Å²) in [5, 5.41) is 0. The predicted octanol–water partition coefficient (Wildman–Crippen LogP) is 2.34. The molecule has 0 spiro atoms. The molecule has 0 amide bonds. The number of hydrogen-bond donors (Lipinski definition) is 1. The molecule has 0 aliphatic heterocycles. The maximum absolute atomic E-state index is 5.84. The third-order valence-corrected chi connectivity index (χ3v) is 2.31. The van der Waals surface area contributed by atoms with Crippen molar-refractivity contribution >= 4 is 0 Å². The summed E-state index contributed by atoms with van der Waals surface area (Å²) in [4.78, 5) is 4.13. The molecule has 0 aromatic carbocycles. The highest BCUT2D eigenvalue weighted by atomic mass is 15.1. The Hall–Kier alpha value is -0.830. The van der Waals surface area contributed by atoms with Gasteiger partial charge in [-0.2, -0.15) is 0 Å². The standard InChI is InChI=1S/C11H21N3/c1-9(12)10-7-13-8-14(10)6-5-11(2,3)4/h7-9H,5-6,12H2,1-4H3/t9-/m1/s1. The van der Waals surface area contributed by atoms with E-state index in [1.165, 1.54) is 0 Å². The third-order valence-electron chi connectivity index (χ3n) is 2.31. The lowest BCUT2D eigenvalue weighted by Crippen LogP contribution is -2.15. The van der Waals surface area contributed by atoms with E-state index >= 15 is 0 Å². The molecule has 0 saturated heterocycles.